The molecule has 1 aliphatic rings. The Kier molecular flexibility index (Phi) is 5.34. The molecule has 0 fully saturated rings. The van der Waals surface area contributed by atoms with E-state index in [0.717, 1.165) is 32.8 Å². The number of Topliss-reactive ketones (excluding diaryl/α,β-unsaturated/α-hetero) is 1. The monoisotopic (exact) mass is 365 g/mol. The smallest absolute Gasteiger partial charge is 0.224 e. The summed E-state index contributed by atoms with van der Waals surface area (Å²) in [4.78, 5) is 23.9. The Morgan fingerprint density at radius 1 is 1.30 bits per heavy atom. The molecule has 0 saturated heterocycles. The number of rotatable bonds is 5. The molecular formula is C15H15N3O2S3. The van der Waals surface area contributed by atoms with Gasteiger partial charge in [0.1, 0.15) is 0 Å². The molecular weight excluding hydrogens is 350 g/mol. The van der Waals surface area contributed by atoms with Crippen LogP contribution in [0, 0.1) is 0 Å². The van der Waals surface area contributed by atoms with Crippen molar-refractivity contribution in [1.82, 2.24) is 10.2 Å². The first-order chi connectivity index (χ1) is 11.2. The van der Waals surface area contributed by atoms with E-state index in [1.54, 1.807) is 17.8 Å². The number of nitrogens with one attached hydrogen (secondary N) is 1. The first-order valence-electron chi connectivity index (χ1n) is 7.12. The van der Waals surface area contributed by atoms with Crippen molar-refractivity contribution >= 4 is 52.2 Å². The lowest BCUT2D eigenvalue weighted by Crippen LogP contribution is -2.10. The lowest BCUT2D eigenvalue weighted by atomic mass is 10.0. The van der Waals surface area contributed by atoms with E-state index in [0.29, 0.717) is 17.7 Å². The fourth-order valence-electron chi connectivity index (χ4n) is 2.30. The van der Waals surface area contributed by atoms with E-state index >= 15 is 0 Å². The van der Waals surface area contributed by atoms with Crippen molar-refractivity contribution in [2.75, 3.05) is 17.3 Å². The van der Waals surface area contributed by atoms with Crippen molar-refractivity contribution in [2.45, 2.75) is 27.9 Å². The Morgan fingerprint density at radius 2 is 2.13 bits per heavy atom. The van der Waals surface area contributed by atoms with Gasteiger partial charge in [0.05, 0.1) is 5.75 Å². The highest BCUT2D eigenvalue weighted by Gasteiger charge is 2.16. The first kappa shape index (κ1) is 16.5. The first-order valence-corrected chi connectivity index (χ1v) is 10.1. The van der Waals surface area contributed by atoms with Crippen LogP contribution in [-0.4, -0.2) is 33.9 Å². The highest BCUT2D eigenvalue weighted by Crippen LogP contribution is 2.28. The van der Waals surface area contributed by atoms with Crippen molar-refractivity contribution in [1.29, 1.82) is 0 Å². The quantitative estimate of drug-likeness (QED) is 0.646. The summed E-state index contributed by atoms with van der Waals surface area (Å²) in [7, 11) is 0. The molecule has 1 aromatic carbocycles. The van der Waals surface area contributed by atoms with Crippen molar-refractivity contribution in [3.05, 3.63) is 29.3 Å². The number of thioether (sulfide) groups is 2. The van der Waals surface area contributed by atoms with E-state index in [1.165, 1.54) is 23.1 Å². The zero-order chi connectivity index (χ0) is 16.2. The number of carbonyl (C=O) groups excluding carboxylic acids is 2. The predicted octanol–water partition coefficient (Wildman–Crippen LogP) is 3.51. The minimum atomic E-state index is 0.0410. The summed E-state index contributed by atoms with van der Waals surface area (Å²) in [6, 6.07) is 5.51. The molecule has 2 heterocycles. The standard InChI is InChI=1S/C15H15N3O2S3/c1-21-14-17-18-15(23-14)22-8-12(19)10-5-6-11-9(7-10)3-2-4-13(20)16-11/h5-7H,2-4,8H2,1H3,(H,16,20). The molecule has 0 aliphatic carbocycles. The Labute approximate surface area is 146 Å². The molecule has 1 aliphatic heterocycles. The van der Waals surface area contributed by atoms with Gasteiger partial charge in [0.15, 0.2) is 14.5 Å². The second kappa shape index (κ2) is 7.46. The van der Waals surface area contributed by atoms with Crippen LogP contribution in [0.4, 0.5) is 5.69 Å². The van der Waals surface area contributed by atoms with Crippen LogP contribution in [0.2, 0.25) is 0 Å². The SMILES string of the molecule is CSc1nnc(SCC(=O)c2ccc3c(c2)CCCC(=O)N3)s1. The minimum absolute atomic E-state index is 0.0410. The second-order valence-electron chi connectivity index (χ2n) is 5.02. The summed E-state index contributed by atoms with van der Waals surface area (Å²) in [5.41, 5.74) is 2.54. The van der Waals surface area contributed by atoms with E-state index < -0.39 is 0 Å². The van der Waals surface area contributed by atoms with E-state index in [9.17, 15) is 9.59 Å². The predicted molar refractivity (Wildman–Crippen MR) is 94.8 cm³/mol. The van der Waals surface area contributed by atoms with Crippen LogP contribution in [0.25, 0.3) is 0 Å². The third kappa shape index (κ3) is 4.13. The fourth-order valence-corrected chi connectivity index (χ4v) is 4.63. The molecule has 23 heavy (non-hydrogen) atoms. The number of aromatic nitrogens is 2. The number of benzene rings is 1. The molecule has 0 saturated carbocycles. The average molecular weight is 366 g/mol. The third-order valence-electron chi connectivity index (χ3n) is 3.44. The lowest BCUT2D eigenvalue weighted by molar-refractivity contribution is -0.116. The minimum Gasteiger partial charge on any atom is -0.326 e. The molecule has 0 radical (unpaired) electrons. The highest BCUT2D eigenvalue weighted by molar-refractivity contribution is 8.03. The van der Waals surface area contributed by atoms with E-state index in [2.05, 4.69) is 15.5 Å². The zero-order valence-corrected chi connectivity index (χ0v) is 14.9. The van der Waals surface area contributed by atoms with Gasteiger partial charge in [-0.3, -0.25) is 9.59 Å². The molecule has 8 heteroatoms. The summed E-state index contributed by atoms with van der Waals surface area (Å²) in [6.45, 7) is 0. The van der Waals surface area contributed by atoms with Crippen molar-refractivity contribution < 1.29 is 9.59 Å². The van der Waals surface area contributed by atoms with E-state index in [4.69, 9.17) is 0 Å². The molecule has 0 atom stereocenters. The lowest BCUT2D eigenvalue weighted by Gasteiger charge is -2.08. The second-order valence-corrected chi connectivity index (χ2v) is 8.28. The third-order valence-corrected chi connectivity index (χ3v) is 6.47. The molecule has 0 bridgehead atoms. The van der Waals surface area contributed by atoms with Gasteiger partial charge in [-0.1, -0.05) is 34.9 Å². The number of hydrogen-bond acceptors (Lipinski definition) is 7. The normalized spacial score (nSPS) is 14.0. The zero-order valence-electron chi connectivity index (χ0n) is 12.5. The molecule has 120 valence electrons. The van der Waals surface area contributed by atoms with E-state index in [1.807, 2.05) is 18.4 Å². The fraction of sp³-hybridized carbons (Fsp3) is 0.333. The number of aryl methyl sites for hydroxylation is 1. The van der Waals surface area contributed by atoms with Gasteiger partial charge in [0.2, 0.25) is 5.91 Å². The van der Waals surface area contributed by atoms with Crippen LogP contribution in [0.3, 0.4) is 0 Å². The summed E-state index contributed by atoms with van der Waals surface area (Å²) in [5.74, 6) is 0.447. The maximum atomic E-state index is 12.4. The molecule has 5 nitrogen and oxygen atoms in total. The maximum absolute atomic E-state index is 12.4. The Morgan fingerprint density at radius 3 is 2.91 bits per heavy atom. The van der Waals surface area contributed by atoms with Gasteiger partial charge in [-0.05, 0) is 42.9 Å². The van der Waals surface area contributed by atoms with Gasteiger partial charge < -0.3 is 5.32 Å². The van der Waals surface area contributed by atoms with Crippen LogP contribution in [0.5, 0.6) is 0 Å². The molecule has 2 aromatic rings. The summed E-state index contributed by atoms with van der Waals surface area (Å²) in [6.07, 6.45) is 4.11. The number of hydrogen-bond donors (Lipinski definition) is 1. The van der Waals surface area contributed by atoms with Gasteiger partial charge in [-0.2, -0.15) is 0 Å². The number of ketones is 1. The number of carbonyl (C=O) groups is 2. The molecule has 1 amide bonds. The molecule has 1 aromatic heterocycles. The molecule has 0 spiro atoms. The molecule has 0 unspecified atom stereocenters. The summed E-state index contributed by atoms with van der Waals surface area (Å²) < 4.78 is 1.71. The summed E-state index contributed by atoms with van der Waals surface area (Å²) >= 11 is 4.46. The van der Waals surface area contributed by atoms with Gasteiger partial charge >= 0.3 is 0 Å². The Balaban J connectivity index is 1.67. The largest absolute Gasteiger partial charge is 0.326 e. The van der Waals surface area contributed by atoms with Gasteiger partial charge in [0.25, 0.3) is 0 Å². The number of nitrogens with zero attached hydrogens (tertiary/aromatic N) is 2. The van der Waals surface area contributed by atoms with Gasteiger partial charge in [-0.15, -0.1) is 10.2 Å². The van der Waals surface area contributed by atoms with Crippen molar-refractivity contribution in [2.24, 2.45) is 0 Å². The average Bonchev–Trinajstić information content (AvgIpc) is 2.93. The van der Waals surface area contributed by atoms with Crippen LogP contribution in [0.15, 0.2) is 26.9 Å². The van der Waals surface area contributed by atoms with Gasteiger partial charge in [0, 0.05) is 17.7 Å². The van der Waals surface area contributed by atoms with Crippen LogP contribution in [0.1, 0.15) is 28.8 Å². The Bertz CT molecular complexity index is 745. The van der Waals surface area contributed by atoms with Crippen LogP contribution in [-0.2, 0) is 11.2 Å². The van der Waals surface area contributed by atoms with Crippen LogP contribution < -0.4 is 5.32 Å². The Hall–Kier alpha value is -1.38. The number of anilines is 1. The van der Waals surface area contributed by atoms with Crippen molar-refractivity contribution in [3.63, 3.8) is 0 Å². The van der Waals surface area contributed by atoms with Gasteiger partial charge in [-0.25, -0.2) is 0 Å². The summed E-state index contributed by atoms with van der Waals surface area (Å²) in [5, 5.41) is 11.0. The topological polar surface area (TPSA) is 72.0 Å². The molecule has 1 N–H and O–H groups in total. The van der Waals surface area contributed by atoms with E-state index in [-0.39, 0.29) is 11.7 Å². The highest BCUT2D eigenvalue weighted by atomic mass is 32.2. The number of fused-ring (bicyclic) bond motifs is 1. The van der Waals surface area contributed by atoms with Crippen LogP contribution >= 0.6 is 34.9 Å². The molecule has 3 rings (SSSR count). The number of amides is 1. The van der Waals surface area contributed by atoms with Crippen molar-refractivity contribution in [3.8, 4) is 0 Å². The maximum Gasteiger partial charge on any atom is 0.224 e.